The molecule has 1 aliphatic rings. The molecule has 1 aromatic carbocycles. The molecule has 0 radical (unpaired) electrons. The zero-order chi connectivity index (χ0) is 30.9. The van der Waals surface area contributed by atoms with Crippen molar-refractivity contribution in [1.29, 1.82) is 0 Å². The minimum Gasteiger partial charge on any atom is -0.391 e. The Bertz CT molecular complexity index is 1180. The number of amides is 2. The van der Waals surface area contributed by atoms with Crippen LogP contribution in [0.1, 0.15) is 64.0 Å². The van der Waals surface area contributed by atoms with Crippen LogP contribution < -0.4 is 11.1 Å². The lowest BCUT2D eigenvalue weighted by molar-refractivity contribution is -0.144. The van der Waals surface area contributed by atoms with E-state index in [9.17, 15) is 19.5 Å². The van der Waals surface area contributed by atoms with Crippen LogP contribution in [0.5, 0.6) is 0 Å². The number of aliphatic hydroxyl groups is 1. The molecule has 0 spiro atoms. The predicted octanol–water partition coefficient (Wildman–Crippen LogP) is 3.66. The number of nitrogens with two attached hydrogens (primary N) is 1. The van der Waals surface area contributed by atoms with Crippen LogP contribution in [0.2, 0.25) is 0 Å². The number of ketones is 1. The summed E-state index contributed by atoms with van der Waals surface area (Å²) in [6.07, 6.45) is 0.260. The molecule has 9 nitrogen and oxygen atoms in total. The number of rotatable bonds is 15. The monoisotopic (exact) mass is 601 g/mol. The molecule has 1 fully saturated rings. The molecule has 0 saturated carbocycles. The molecule has 0 aliphatic carbocycles. The average molecular weight is 602 g/mol. The van der Waals surface area contributed by atoms with Crippen LogP contribution in [-0.4, -0.2) is 85.3 Å². The molecule has 1 saturated heterocycles. The molecule has 0 unspecified atom stereocenters. The first kappa shape index (κ1) is 33.9. The Morgan fingerprint density at radius 3 is 2.43 bits per heavy atom. The largest absolute Gasteiger partial charge is 0.391 e. The number of nitrogens with zero attached hydrogens (tertiary/aromatic N) is 1. The molecular formula is C32H47N3O6S. The maximum atomic E-state index is 13.8. The molecule has 1 aromatic heterocycles. The predicted molar refractivity (Wildman–Crippen MR) is 165 cm³/mol. The van der Waals surface area contributed by atoms with Gasteiger partial charge in [0.1, 0.15) is 12.6 Å². The van der Waals surface area contributed by atoms with E-state index in [1.54, 1.807) is 11.3 Å². The molecule has 3 rings (SSSR count). The number of hydrogen-bond donors (Lipinski definition) is 3. The van der Waals surface area contributed by atoms with Gasteiger partial charge in [0, 0.05) is 44.0 Å². The van der Waals surface area contributed by atoms with Gasteiger partial charge >= 0.3 is 0 Å². The second-order valence-corrected chi connectivity index (χ2v) is 13.1. The highest BCUT2D eigenvalue weighted by Crippen LogP contribution is 2.32. The normalized spacial score (nSPS) is 18.6. The van der Waals surface area contributed by atoms with Crippen LogP contribution in [0.3, 0.4) is 0 Å². The van der Waals surface area contributed by atoms with Gasteiger partial charge < -0.3 is 30.5 Å². The highest BCUT2D eigenvalue weighted by Gasteiger charge is 2.44. The number of thiophene rings is 1. The molecule has 4 N–H and O–H groups in total. The van der Waals surface area contributed by atoms with Gasteiger partial charge in [0.05, 0.1) is 18.8 Å². The lowest BCUT2D eigenvalue weighted by Gasteiger charge is -2.35. The van der Waals surface area contributed by atoms with Crippen molar-refractivity contribution in [3.05, 3.63) is 46.8 Å². The van der Waals surface area contributed by atoms with Crippen LogP contribution >= 0.6 is 11.3 Å². The van der Waals surface area contributed by atoms with E-state index in [4.69, 9.17) is 15.2 Å². The fourth-order valence-corrected chi connectivity index (χ4v) is 6.11. The molecular weight excluding hydrogens is 554 g/mol. The highest BCUT2D eigenvalue weighted by molar-refractivity contribution is 7.13. The molecule has 42 heavy (non-hydrogen) atoms. The summed E-state index contributed by atoms with van der Waals surface area (Å²) in [6, 6.07) is 8.76. The average Bonchev–Trinajstić information content (AvgIpc) is 3.55. The van der Waals surface area contributed by atoms with Gasteiger partial charge in [0.15, 0.2) is 5.78 Å². The Hall–Kier alpha value is -2.63. The summed E-state index contributed by atoms with van der Waals surface area (Å²) in [4.78, 5) is 42.7. The van der Waals surface area contributed by atoms with E-state index < -0.39 is 29.5 Å². The molecule has 232 valence electrons. The van der Waals surface area contributed by atoms with Crippen molar-refractivity contribution in [2.24, 2.45) is 11.1 Å². The molecule has 2 aromatic rings. The van der Waals surface area contributed by atoms with Gasteiger partial charge in [0.25, 0.3) is 0 Å². The number of likely N-dealkylation sites (tertiary alicyclic amines) is 1. The number of ether oxygens (including phenoxy) is 2. The van der Waals surface area contributed by atoms with Crippen molar-refractivity contribution in [2.75, 3.05) is 39.5 Å². The number of β-amino-alcohol motifs (C(OH)–C–C–N with tert-alkyl or cyclic N) is 1. The van der Waals surface area contributed by atoms with Gasteiger partial charge in [-0.05, 0) is 52.8 Å². The standard InChI is InChI=1S/C32H47N3O6S/c1-21-11-16-42-29(21)24-9-7-23(8-10-24)22(2)17-27(37)26-18-25(36)19-35(26)31(39)30(32(3,4)5)34-28(38)20-41-14-6-13-40-15-12-33/h7-11,16,22,25-26,30,36H,6,12-15,17-20,33H2,1-5H3,(H,34,38)/t22-,25-,26+,30-/m1/s1. The zero-order valence-electron chi connectivity index (χ0n) is 25.6. The topological polar surface area (TPSA) is 131 Å². The summed E-state index contributed by atoms with van der Waals surface area (Å²) in [5.41, 5.74) is 8.20. The minimum atomic E-state index is -0.882. The Kier molecular flexibility index (Phi) is 12.7. The third kappa shape index (κ3) is 9.44. The zero-order valence-corrected chi connectivity index (χ0v) is 26.4. The van der Waals surface area contributed by atoms with Crippen molar-refractivity contribution < 1.29 is 29.0 Å². The van der Waals surface area contributed by atoms with Gasteiger partial charge in [0.2, 0.25) is 11.8 Å². The van der Waals surface area contributed by atoms with Crippen molar-refractivity contribution in [3.63, 3.8) is 0 Å². The highest BCUT2D eigenvalue weighted by atomic mass is 32.1. The van der Waals surface area contributed by atoms with E-state index in [1.165, 1.54) is 15.3 Å². The fraction of sp³-hybridized carbons (Fsp3) is 0.594. The first-order valence-electron chi connectivity index (χ1n) is 14.7. The number of carbonyl (C=O) groups is 3. The van der Waals surface area contributed by atoms with E-state index in [2.05, 4.69) is 48.0 Å². The van der Waals surface area contributed by atoms with E-state index in [1.807, 2.05) is 27.7 Å². The quantitative estimate of drug-likeness (QED) is 0.266. The molecule has 4 atom stereocenters. The van der Waals surface area contributed by atoms with Gasteiger partial charge in [-0.25, -0.2) is 0 Å². The Balaban J connectivity index is 1.61. The number of hydrogen-bond acceptors (Lipinski definition) is 8. The van der Waals surface area contributed by atoms with Crippen LogP contribution in [0.15, 0.2) is 35.7 Å². The van der Waals surface area contributed by atoms with Gasteiger partial charge in [-0.1, -0.05) is 52.0 Å². The molecule has 0 bridgehead atoms. The Labute approximate surface area is 253 Å². The summed E-state index contributed by atoms with van der Waals surface area (Å²) in [7, 11) is 0. The van der Waals surface area contributed by atoms with Gasteiger partial charge in [-0.2, -0.15) is 0 Å². The lowest BCUT2D eigenvalue weighted by atomic mass is 9.85. The van der Waals surface area contributed by atoms with Crippen LogP contribution in [0, 0.1) is 12.3 Å². The van der Waals surface area contributed by atoms with Crippen molar-refractivity contribution in [3.8, 4) is 10.4 Å². The third-order valence-corrected chi connectivity index (χ3v) is 8.60. The van der Waals surface area contributed by atoms with Crippen molar-refractivity contribution in [1.82, 2.24) is 10.2 Å². The lowest BCUT2D eigenvalue weighted by Crippen LogP contribution is -2.57. The minimum absolute atomic E-state index is 0.0540. The molecule has 2 heterocycles. The second kappa shape index (κ2) is 15.7. The fourth-order valence-electron chi connectivity index (χ4n) is 5.18. The van der Waals surface area contributed by atoms with E-state index in [0.29, 0.717) is 32.8 Å². The smallest absolute Gasteiger partial charge is 0.246 e. The van der Waals surface area contributed by atoms with Crippen molar-refractivity contribution in [2.45, 2.75) is 78.0 Å². The number of Topliss-reactive ketones (excluding diaryl/α,β-unsaturated/α-hetero) is 1. The van der Waals surface area contributed by atoms with E-state index in [0.717, 1.165) is 11.1 Å². The van der Waals surface area contributed by atoms with Crippen molar-refractivity contribution >= 4 is 28.9 Å². The summed E-state index contributed by atoms with van der Waals surface area (Å²) in [5.74, 6) is -0.931. The summed E-state index contributed by atoms with van der Waals surface area (Å²) in [6.45, 7) is 11.3. The van der Waals surface area contributed by atoms with Gasteiger partial charge in [-0.3, -0.25) is 14.4 Å². The summed E-state index contributed by atoms with van der Waals surface area (Å²) < 4.78 is 10.7. The Morgan fingerprint density at radius 2 is 1.81 bits per heavy atom. The molecule has 1 aliphatic heterocycles. The maximum absolute atomic E-state index is 13.8. The van der Waals surface area contributed by atoms with E-state index in [-0.39, 0.29) is 43.6 Å². The first-order valence-corrected chi connectivity index (χ1v) is 15.6. The summed E-state index contributed by atoms with van der Waals surface area (Å²) in [5, 5.41) is 15.4. The van der Waals surface area contributed by atoms with Gasteiger partial charge in [-0.15, -0.1) is 11.3 Å². The van der Waals surface area contributed by atoms with Crippen LogP contribution in [0.4, 0.5) is 0 Å². The number of nitrogens with one attached hydrogen (secondary N) is 1. The van der Waals surface area contributed by atoms with E-state index >= 15 is 0 Å². The SMILES string of the molecule is Cc1ccsc1-c1ccc([C@H](C)CC(=O)[C@@H]2C[C@@H](O)CN2C(=O)[C@@H](NC(=O)COCCCOCCN)C(C)(C)C)cc1. The van der Waals surface area contributed by atoms with Crippen LogP contribution in [-0.2, 0) is 23.9 Å². The molecule has 10 heteroatoms. The number of benzene rings is 1. The Morgan fingerprint density at radius 1 is 1.12 bits per heavy atom. The third-order valence-electron chi connectivity index (χ3n) is 7.54. The second-order valence-electron chi connectivity index (χ2n) is 12.2. The van der Waals surface area contributed by atoms with Crippen LogP contribution in [0.25, 0.3) is 10.4 Å². The number of aryl methyl sites for hydroxylation is 1. The number of carbonyl (C=O) groups excluding carboxylic acids is 3. The maximum Gasteiger partial charge on any atom is 0.246 e. The summed E-state index contributed by atoms with van der Waals surface area (Å²) >= 11 is 1.71. The molecule has 2 amide bonds. The number of aliphatic hydroxyl groups excluding tert-OH is 1. The first-order chi connectivity index (χ1) is 19.9.